The molecule has 1 aliphatic heterocycles. The highest BCUT2D eigenvalue weighted by Crippen LogP contribution is 2.27. The molecule has 4 rings (SSSR count). The summed E-state index contributed by atoms with van der Waals surface area (Å²) in [5.41, 5.74) is 1.52. The van der Waals surface area contributed by atoms with Crippen LogP contribution in [0.2, 0.25) is 0 Å². The summed E-state index contributed by atoms with van der Waals surface area (Å²) in [6.45, 7) is 4.70. The highest BCUT2D eigenvalue weighted by Gasteiger charge is 2.28. The highest BCUT2D eigenvalue weighted by molar-refractivity contribution is 5.94. The fourth-order valence-electron chi connectivity index (χ4n) is 3.79. The van der Waals surface area contributed by atoms with Gasteiger partial charge in [-0.05, 0) is 54.0 Å². The zero-order valence-electron chi connectivity index (χ0n) is 16.1. The Labute approximate surface area is 164 Å². The number of carbonyl (C=O) groups is 1. The zero-order valence-corrected chi connectivity index (χ0v) is 16.1. The molecule has 0 bridgehead atoms. The number of imidazole rings is 1. The number of benzene rings is 1. The van der Waals surface area contributed by atoms with Crippen LogP contribution in [0.5, 0.6) is 0 Å². The molecule has 0 spiro atoms. The van der Waals surface area contributed by atoms with Crippen LogP contribution in [-0.4, -0.2) is 53.7 Å². The normalized spacial score (nSPS) is 17.0. The highest BCUT2D eigenvalue weighted by atomic mass is 16.2. The van der Waals surface area contributed by atoms with Gasteiger partial charge >= 0.3 is 0 Å². The maximum atomic E-state index is 13.0. The van der Waals surface area contributed by atoms with Crippen molar-refractivity contribution >= 4 is 5.91 Å². The summed E-state index contributed by atoms with van der Waals surface area (Å²) in [6.07, 6.45) is 9.85. The van der Waals surface area contributed by atoms with Crippen LogP contribution in [0.3, 0.4) is 0 Å². The fraction of sp³-hybridized carbons (Fsp3) is 0.450. The molecule has 1 saturated heterocycles. The lowest BCUT2D eigenvalue weighted by Crippen LogP contribution is -2.39. The molecule has 0 N–H and O–H groups in total. The van der Waals surface area contributed by atoms with Gasteiger partial charge in [0.15, 0.2) is 0 Å². The molecule has 0 radical (unpaired) electrons. The number of hydrogen-bond acceptors (Lipinski definition) is 5. The minimum atomic E-state index is 0.0691. The number of aryl methyl sites for hydroxylation is 1. The molecular formula is C20H25N7O. The number of nitrogens with zero attached hydrogens (tertiary/aromatic N) is 7. The van der Waals surface area contributed by atoms with Gasteiger partial charge in [-0.3, -0.25) is 4.79 Å². The Morgan fingerprint density at radius 2 is 2.11 bits per heavy atom. The number of carbonyl (C=O) groups excluding carboxylic acids is 1. The van der Waals surface area contributed by atoms with Crippen LogP contribution in [0.25, 0.3) is 5.69 Å². The first-order chi connectivity index (χ1) is 13.8. The number of rotatable bonds is 6. The van der Waals surface area contributed by atoms with Gasteiger partial charge in [0.1, 0.15) is 12.2 Å². The summed E-state index contributed by atoms with van der Waals surface area (Å²) in [5.74, 6) is 1.48. The number of likely N-dealkylation sites (tertiary alicyclic amines) is 1. The quantitative estimate of drug-likeness (QED) is 0.658. The first kappa shape index (κ1) is 18.3. The monoisotopic (exact) mass is 379 g/mol. The lowest BCUT2D eigenvalue weighted by molar-refractivity contribution is 0.0703. The summed E-state index contributed by atoms with van der Waals surface area (Å²) < 4.78 is 3.82. The van der Waals surface area contributed by atoms with Gasteiger partial charge in [0.25, 0.3) is 5.91 Å². The van der Waals surface area contributed by atoms with Crippen molar-refractivity contribution in [1.82, 2.24) is 34.7 Å². The van der Waals surface area contributed by atoms with Gasteiger partial charge < -0.3 is 9.47 Å². The predicted molar refractivity (Wildman–Crippen MR) is 104 cm³/mol. The van der Waals surface area contributed by atoms with Gasteiger partial charge in [-0.2, -0.15) is 0 Å². The van der Waals surface area contributed by atoms with Gasteiger partial charge in [-0.15, -0.1) is 5.10 Å². The van der Waals surface area contributed by atoms with Crippen LogP contribution in [0.15, 0.2) is 43.0 Å². The second-order valence-corrected chi connectivity index (χ2v) is 7.22. The first-order valence-corrected chi connectivity index (χ1v) is 9.90. The van der Waals surface area contributed by atoms with E-state index in [9.17, 15) is 4.79 Å². The Balaban J connectivity index is 1.45. The van der Waals surface area contributed by atoms with Crippen LogP contribution in [-0.2, 0) is 6.54 Å². The van der Waals surface area contributed by atoms with Crippen molar-refractivity contribution < 1.29 is 4.79 Å². The van der Waals surface area contributed by atoms with Gasteiger partial charge in [-0.25, -0.2) is 9.67 Å². The Kier molecular flexibility index (Phi) is 5.45. The molecule has 8 nitrogen and oxygen atoms in total. The second-order valence-electron chi connectivity index (χ2n) is 7.22. The van der Waals surface area contributed by atoms with E-state index in [1.807, 2.05) is 35.4 Å². The van der Waals surface area contributed by atoms with Crippen molar-refractivity contribution in [2.45, 2.75) is 45.1 Å². The van der Waals surface area contributed by atoms with Crippen LogP contribution in [0.4, 0.5) is 0 Å². The minimum absolute atomic E-state index is 0.0691. The van der Waals surface area contributed by atoms with Crippen molar-refractivity contribution in [2.75, 3.05) is 13.1 Å². The largest absolute Gasteiger partial charge is 0.338 e. The molecule has 8 heteroatoms. The number of hydrogen-bond donors (Lipinski definition) is 0. The third kappa shape index (κ3) is 3.81. The van der Waals surface area contributed by atoms with Crippen molar-refractivity contribution in [3.63, 3.8) is 0 Å². The third-order valence-electron chi connectivity index (χ3n) is 5.30. The van der Waals surface area contributed by atoms with E-state index < -0.39 is 0 Å². The number of aromatic nitrogens is 6. The molecule has 146 valence electrons. The van der Waals surface area contributed by atoms with Crippen LogP contribution >= 0.6 is 0 Å². The Morgan fingerprint density at radius 1 is 1.25 bits per heavy atom. The molecular weight excluding hydrogens is 354 g/mol. The lowest BCUT2D eigenvalue weighted by atomic mass is 9.96. The van der Waals surface area contributed by atoms with Gasteiger partial charge in [0.05, 0.1) is 5.69 Å². The van der Waals surface area contributed by atoms with E-state index in [0.717, 1.165) is 56.8 Å². The Morgan fingerprint density at radius 3 is 2.86 bits per heavy atom. The number of amides is 1. The Hall–Kier alpha value is -3.03. The number of tetrazole rings is 1. The number of unbranched alkanes of at least 4 members (excludes halogenated alkanes) is 1. The lowest BCUT2D eigenvalue weighted by Gasteiger charge is -2.33. The summed E-state index contributed by atoms with van der Waals surface area (Å²) in [4.78, 5) is 19.6. The molecule has 1 fully saturated rings. The van der Waals surface area contributed by atoms with Crippen LogP contribution in [0.1, 0.15) is 54.7 Å². The molecule has 1 aromatic carbocycles. The topological polar surface area (TPSA) is 81.7 Å². The summed E-state index contributed by atoms with van der Waals surface area (Å²) >= 11 is 0. The summed E-state index contributed by atoms with van der Waals surface area (Å²) in [5, 5.41) is 11.1. The van der Waals surface area contributed by atoms with Gasteiger partial charge in [0, 0.05) is 43.5 Å². The fourth-order valence-corrected chi connectivity index (χ4v) is 3.79. The molecule has 2 aromatic heterocycles. The van der Waals surface area contributed by atoms with Crippen LogP contribution < -0.4 is 0 Å². The van der Waals surface area contributed by atoms with E-state index in [-0.39, 0.29) is 5.91 Å². The van der Waals surface area contributed by atoms with Gasteiger partial charge in [0.2, 0.25) is 0 Å². The van der Waals surface area contributed by atoms with E-state index in [2.05, 4.69) is 38.2 Å². The number of piperidine rings is 1. The first-order valence-electron chi connectivity index (χ1n) is 9.90. The molecule has 28 heavy (non-hydrogen) atoms. The molecule has 1 amide bonds. The zero-order chi connectivity index (χ0) is 19.3. The minimum Gasteiger partial charge on any atom is -0.338 e. The molecule has 1 atom stereocenters. The van der Waals surface area contributed by atoms with Crippen molar-refractivity contribution in [3.8, 4) is 5.69 Å². The summed E-state index contributed by atoms with van der Waals surface area (Å²) in [6, 6.07) is 7.40. The second kappa shape index (κ2) is 8.33. The average molecular weight is 379 g/mol. The predicted octanol–water partition coefficient (Wildman–Crippen LogP) is 2.68. The molecule has 3 heterocycles. The van der Waals surface area contributed by atoms with E-state index >= 15 is 0 Å². The SMILES string of the molecule is CCCCn1ccnc1C1CCCN(C(=O)c2ccc(-n3cnnn3)cc2)C1. The smallest absolute Gasteiger partial charge is 0.253 e. The van der Waals surface area contributed by atoms with Crippen molar-refractivity contribution in [3.05, 3.63) is 54.4 Å². The average Bonchev–Trinajstić information content (AvgIpc) is 3.44. The van der Waals surface area contributed by atoms with Gasteiger partial charge in [-0.1, -0.05) is 13.3 Å². The van der Waals surface area contributed by atoms with E-state index in [0.29, 0.717) is 11.5 Å². The van der Waals surface area contributed by atoms with E-state index in [4.69, 9.17) is 0 Å². The van der Waals surface area contributed by atoms with Crippen molar-refractivity contribution in [2.24, 2.45) is 0 Å². The standard InChI is InChI=1S/C20H25N7O/c1-2-3-11-25-13-10-21-19(25)17-5-4-12-26(14-17)20(28)16-6-8-18(9-7-16)27-15-22-23-24-27/h6-10,13,15,17H,2-5,11-12,14H2,1H3. The molecule has 1 aliphatic rings. The van der Waals surface area contributed by atoms with E-state index in [1.54, 1.807) is 4.68 Å². The molecule has 3 aromatic rings. The third-order valence-corrected chi connectivity index (χ3v) is 5.30. The molecule has 0 saturated carbocycles. The molecule has 0 aliphatic carbocycles. The van der Waals surface area contributed by atoms with E-state index in [1.165, 1.54) is 6.33 Å². The Bertz CT molecular complexity index is 901. The van der Waals surface area contributed by atoms with Crippen LogP contribution in [0, 0.1) is 0 Å². The maximum Gasteiger partial charge on any atom is 0.253 e. The maximum absolute atomic E-state index is 13.0. The molecule has 1 unspecified atom stereocenters. The van der Waals surface area contributed by atoms with Crippen molar-refractivity contribution in [1.29, 1.82) is 0 Å². The summed E-state index contributed by atoms with van der Waals surface area (Å²) in [7, 11) is 0.